The Morgan fingerprint density at radius 3 is 2.67 bits per heavy atom. The summed E-state index contributed by atoms with van der Waals surface area (Å²) >= 11 is 0. The number of fused-ring (bicyclic) bond motifs is 3. The van der Waals surface area contributed by atoms with Gasteiger partial charge < -0.3 is 4.74 Å². The van der Waals surface area contributed by atoms with Gasteiger partial charge in [-0.3, -0.25) is 0 Å². The molecule has 1 saturated heterocycles. The summed E-state index contributed by atoms with van der Waals surface area (Å²) in [6.07, 6.45) is 1.09. The number of halogens is 2. The molecule has 15 heavy (non-hydrogen) atoms. The van der Waals surface area contributed by atoms with Crippen molar-refractivity contribution in [2.24, 2.45) is 0 Å². The Balaban J connectivity index is 2.22. The van der Waals surface area contributed by atoms with Crippen molar-refractivity contribution < 1.29 is 13.5 Å². The largest absolute Gasteiger partial charge is 0.364 e. The molecule has 3 heteroatoms. The van der Waals surface area contributed by atoms with Gasteiger partial charge in [-0.15, -0.1) is 0 Å². The molecule has 2 aliphatic rings. The predicted octanol–water partition coefficient (Wildman–Crippen LogP) is 3.09. The summed E-state index contributed by atoms with van der Waals surface area (Å²) < 4.78 is 31.7. The van der Waals surface area contributed by atoms with Gasteiger partial charge in [0, 0.05) is 0 Å². The van der Waals surface area contributed by atoms with E-state index in [9.17, 15) is 8.78 Å². The summed E-state index contributed by atoms with van der Waals surface area (Å²) in [7, 11) is 0. The second-order valence-corrected chi connectivity index (χ2v) is 5.04. The Morgan fingerprint density at radius 2 is 1.93 bits per heavy atom. The van der Waals surface area contributed by atoms with Gasteiger partial charge in [-0.25, -0.2) is 8.78 Å². The van der Waals surface area contributed by atoms with Crippen LogP contribution in [0.25, 0.3) is 0 Å². The first-order chi connectivity index (χ1) is 6.99. The Labute approximate surface area is 87.1 Å². The van der Waals surface area contributed by atoms with Crippen LogP contribution in [-0.4, -0.2) is 6.10 Å². The highest BCUT2D eigenvalue weighted by Crippen LogP contribution is 2.53. The van der Waals surface area contributed by atoms with Crippen LogP contribution in [0.5, 0.6) is 0 Å². The lowest BCUT2D eigenvalue weighted by Gasteiger charge is -2.30. The minimum Gasteiger partial charge on any atom is -0.364 e. The van der Waals surface area contributed by atoms with Gasteiger partial charge in [-0.05, 0) is 35.1 Å². The van der Waals surface area contributed by atoms with Gasteiger partial charge in [0.15, 0.2) is 11.6 Å². The van der Waals surface area contributed by atoms with Crippen molar-refractivity contribution in [2.45, 2.75) is 37.9 Å². The third kappa shape index (κ3) is 1.22. The topological polar surface area (TPSA) is 12.5 Å². The molecule has 1 aromatic carbocycles. The van der Waals surface area contributed by atoms with E-state index in [0.29, 0.717) is 0 Å². The van der Waals surface area contributed by atoms with Crippen molar-refractivity contribution in [3.8, 4) is 0 Å². The molecule has 2 atom stereocenters. The molecular formula is C12H12F2O. The molecule has 1 heterocycles. The fraction of sp³-hybridized carbons (Fsp3) is 0.500. The second kappa shape index (κ2) is 2.59. The summed E-state index contributed by atoms with van der Waals surface area (Å²) in [6.45, 7) is 4.09. The van der Waals surface area contributed by atoms with E-state index in [1.165, 1.54) is 12.1 Å². The lowest BCUT2D eigenvalue weighted by atomic mass is 9.73. The zero-order chi connectivity index (χ0) is 10.8. The summed E-state index contributed by atoms with van der Waals surface area (Å²) in [4.78, 5) is 0. The minimum absolute atomic E-state index is 0.00289. The Kier molecular flexibility index (Phi) is 1.60. The highest BCUT2D eigenvalue weighted by Gasteiger charge is 2.50. The van der Waals surface area contributed by atoms with Gasteiger partial charge in [-0.1, -0.05) is 13.8 Å². The number of rotatable bonds is 0. The molecule has 0 saturated carbocycles. The maximum atomic E-state index is 13.2. The van der Waals surface area contributed by atoms with Crippen molar-refractivity contribution >= 4 is 0 Å². The van der Waals surface area contributed by atoms with E-state index >= 15 is 0 Å². The van der Waals surface area contributed by atoms with Gasteiger partial charge in [0.25, 0.3) is 0 Å². The molecule has 0 radical (unpaired) electrons. The quantitative estimate of drug-likeness (QED) is 0.599. The molecule has 1 aromatic rings. The van der Waals surface area contributed by atoms with Gasteiger partial charge in [-0.2, -0.15) is 0 Å². The van der Waals surface area contributed by atoms with Crippen LogP contribution >= 0.6 is 0 Å². The van der Waals surface area contributed by atoms with Gasteiger partial charge in [0.1, 0.15) is 6.10 Å². The summed E-state index contributed by atoms with van der Waals surface area (Å²) in [5.41, 5.74) is 1.59. The number of hydrogen-bond donors (Lipinski definition) is 0. The molecule has 1 aliphatic carbocycles. The zero-order valence-electron chi connectivity index (χ0n) is 8.68. The summed E-state index contributed by atoms with van der Waals surface area (Å²) in [6, 6.07) is 2.61. The molecule has 0 amide bonds. The van der Waals surface area contributed by atoms with Crippen LogP contribution in [0.4, 0.5) is 8.78 Å². The molecule has 0 spiro atoms. The number of benzene rings is 1. The lowest BCUT2D eigenvalue weighted by Crippen LogP contribution is -2.26. The molecule has 1 aliphatic heterocycles. The Bertz CT molecular complexity index is 439. The van der Waals surface area contributed by atoms with Crippen molar-refractivity contribution in [2.75, 3.05) is 0 Å². The molecule has 2 unspecified atom stereocenters. The van der Waals surface area contributed by atoms with Crippen LogP contribution in [0.3, 0.4) is 0 Å². The van der Waals surface area contributed by atoms with Crippen molar-refractivity contribution in [3.63, 3.8) is 0 Å². The maximum absolute atomic E-state index is 13.2. The standard InChI is InChI=1S/C12H12F2O/c1-12(2)5-10-11(15-10)6-3-8(13)9(14)4-7(6)12/h3-4,10-11H,5H2,1-2H3. The van der Waals surface area contributed by atoms with Crippen LogP contribution in [0.1, 0.15) is 37.5 Å². The monoisotopic (exact) mass is 210 g/mol. The summed E-state index contributed by atoms with van der Waals surface area (Å²) in [5.74, 6) is -1.54. The van der Waals surface area contributed by atoms with Crippen molar-refractivity contribution in [1.82, 2.24) is 0 Å². The van der Waals surface area contributed by atoms with Gasteiger partial charge in [0.05, 0.1) is 6.10 Å². The van der Waals surface area contributed by atoms with Crippen LogP contribution < -0.4 is 0 Å². The fourth-order valence-electron chi connectivity index (χ4n) is 2.57. The van der Waals surface area contributed by atoms with Crippen LogP contribution in [0.2, 0.25) is 0 Å². The summed E-state index contributed by atoms with van der Waals surface area (Å²) in [5, 5.41) is 0. The number of hydrogen-bond acceptors (Lipinski definition) is 1. The molecule has 80 valence electrons. The second-order valence-electron chi connectivity index (χ2n) is 5.04. The predicted molar refractivity (Wildman–Crippen MR) is 51.6 cm³/mol. The molecule has 0 aromatic heterocycles. The average Bonchev–Trinajstić information content (AvgIpc) is 2.86. The van der Waals surface area contributed by atoms with E-state index in [-0.39, 0.29) is 17.6 Å². The maximum Gasteiger partial charge on any atom is 0.159 e. The molecule has 0 N–H and O–H groups in total. The first-order valence-electron chi connectivity index (χ1n) is 5.14. The molecule has 1 nitrogen and oxygen atoms in total. The molecular weight excluding hydrogens is 198 g/mol. The smallest absolute Gasteiger partial charge is 0.159 e. The van der Waals surface area contributed by atoms with E-state index in [0.717, 1.165) is 17.5 Å². The normalized spacial score (nSPS) is 30.7. The number of epoxide rings is 1. The van der Waals surface area contributed by atoms with E-state index in [4.69, 9.17) is 4.74 Å². The van der Waals surface area contributed by atoms with Crippen LogP contribution in [-0.2, 0) is 10.2 Å². The Hall–Kier alpha value is -0.960. The van der Waals surface area contributed by atoms with Crippen molar-refractivity contribution in [3.05, 3.63) is 34.9 Å². The van der Waals surface area contributed by atoms with E-state index in [1.54, 1.807) is 0 Å². The molecule has 1 fully saturated rings. The average molecular weight is 210 g/mol. The zero-order valence-corrected chi connectivity index (χ0v) is 8.68. The first kappa shape index (κ1) is 9.28. The minimum atomic E-state index is -0.777. The van der Waals surface area contributed by atoms with E-state index < -0.39 is 11.6 Å². The van der Waals surface area contributed by atoms with Crippen molar-refractivity contribution in [1.29, 1.82) is 0 Å². The van der Waals surface area contributed by atoms with E-state index in [2.05, 4.69) is 0 Å². The fourth-order valence-corrected chi connectivity index (χ4v) is 2.57. The van der Waals surface area contributed by atoms with Gasteiger partial charge >= 0.3 is 0 Å². The van der Waals surface area contributed by atoms with Crippen LogP contribution in [0, 0.1) is 11.6 Å². The highest BCUT2D eigenvalue weighted by molar-refractivity contribution is 5.42. The van der Waals surface area contributed by atoms with Crippen LogP contribution in [0.15, 0.2) is 12.1 Å². The first-order valence-corrected chi connectivity index (χ1v) is 5.14. The molecule has 3 rings (SSSR count). The molecule has 0 bridgehead atoms. The SMILES string of the molecule is CC1(C)CC2OC2c2cc(F)c(F)cc21. The third-order valence-electron chi connectivity index (χ3n) is 3.42. The number of ether oxygens (including phenoxy) is 1. The lowest BCUT2D eigenvalue weighted by molar-refractivity contribution is 0.344. The van der Waals surface area contributed by atoms with Gasteiger partial charge in [0.2, 0.25) is 0 Å². The highest BCUT2D eigenvalue weighted by atomic mass is 19.2. The third-order valence-corrected chi connectivity index (χ3v) is 3.42. The Morgan fingerprint density at radius 1 is 1.27 bits per heavy atom. The van der Waals surface area contributed by atoms with E-state index in [1.807, 2.05) is 13.8 Å².